The Labute approximate surface area is 155 Å². The van der Waals surface area contributed by atoms with Crippen molar-refractivity contribution in [3.63, 3.8) is 0 Å². The molecular formula is C15H15Cl2N3O4S. The van der Waals surface area contributed by atoms with Crippen LogP contribution in [0.2, 0.25) is 10.0 Å². The predicted octanol–water partition coefficient (Wildman–Crippen LogP) is 2.70. The minimum Gasteiger partial charge on any atom is -0.495 e. The summed E-state index contributed by atoms with van der Waals surface area (Å²) in [7, 11) is -2.43. The molecule has 1 amide bonds. The van der Waals surface area contributed by atoms with E-state index in [2.05, 4.69) is 10.6 Å². The normalized spacial score (nSPS) is 11.0. The van der Waals surface area contributed by atoms with Crippen LogP contribution in [-0.4, -0.2) is 28.0 Å². The summed E-state index contributed by atoms with van der Waals surface area (Å²) in [5.41, 5.74) is 0.740. The van der Waals surface area contributed by atoms with Crippen LogP contribution in [0.3, 0.4) is 0 Å². The Morgan fingerprint density at radius 1 is 1.20 bits per heavy atom. The van der Waals surface area contributed by atoms with Gasteiger partial charge in [-0.25, -0.2) is 13.6 Å². The highest BCUT2D eigenvalue weighted by atomic mass is 35.5. The highest BCUT2D eigenvalue weighted by molar-refractivity contribution is 7.89. The molecule has 0 fully saturated rings. The Hall–Kier alpha value is -2.00. The number of hydrogen-bond donors (Lipinski definition) is 3. The van der Waals surface area contributed by atoms with Gasteiger partial charge < -0.3 is 15.4 Å². The number of anilines is 2. The summed E-state index contributed by atoms with van der Waals surface area (Å²) in [6.45, 7) is -0.0794. The third-order valence-corrected chi connectivity index (χ3v) is 4.64. The lowest BCUT2D eigenvalue weighted by molar-refractivity contribution is -0.114. The van der Waals surface area contributed by atoms with Gasteiger partial charge in [-0.05, 0) is 24.3 Å². The highest BCUT2D eigenvalue weighted by Crippen LogP contribution is 2.33. The molecule has 7 nitrogen and oxygen atoms in total. The fourth-order valence-electron chi connectivity index (χ4n) is 1.98. The Bertz CT molecular complexity index is 880. The fourth-order valence-corrected chi connectivity index (χ4v) is 3.26. The maximum atomic E-state index is 12.1. The maximum Gasteiger partial charge on any atom is 0.243 e. The smallest absolute Gasteiger partial charge is 0.243 e. The van der Waals surface area contributed by atoms with E-state index in [4.69, 9.17) is 33.1 Å². The lowest BCUT2D eigenvalue weighted by atomic mass is 10.3. The van der Waals surface area contributed by atoms with Gasteiger partial charge >= 0.3 is 0 Å². The van der Waals surface area contributed by atoms with Gasteiger partial charge in [-0.15, -0.1) is 0 Å². The van der Waals surface area contributed by atoms with E-state index in [0.717, 1.165) is 12.1 Å². The fraction of sp³-hybridized carbons (Fsp3) is 0.133. The van der Waals surface area contributed by atoms with Gasteiger partial charge in [-0.2, -0.15) is 0 Å². The topological polar surface area (TPSA) is 111 Å². The number of sulfonamides is 1. The largest absolute Gasteiger partial charge is 0.495 e. The molecule has 2 aromatic rings. The lowest BCUT2D eigenvalue weighted by Gasteiger charge is -2.13. The molecule has 0 aromatic heterocycles. The zero-order valence-corrected chi connectivity index (χ0v) is 15.4. The first-order chi connectivity index (χ1) is 11.7. The monoisotopic (exact) mass is 403 g/mol. The number of halogens is 2. The van der Waals surface area contributed by atoms with Crippen LogP contribution in [0.25, 0.3) is 0 Å². The van der Waals surface area contributed by atoms with E-state index in [9.17, 15) is 13.2 Å². The van der Waals surface area contributed by atoms with E-state index in [0.29, 0.717) is 11.4 Å². The average Bonchev–Trinajstić information content (AvgIpc) is 2.55. The van der Waals surface area contributed by atoms with Crippen molar-refractivity contribution in [2.75, 3.05) is 24.3 Å². The first kappa shape index (κ1) is 19.3. The molecule has 0 heterocycles. The molecule has 0 atom stereocenters. The number of nitrogens with two attached hydrogens (primary N) is 1. The summed E-state index contributed by atoms with van der Waals surface area (Å²) in [6.07, 6.45) is 0. The van der Waals surface area contributed by atoms with Crippen LogP contribution in [0.5, 0.6) is 5.75 Å². The third-order valence-electron chi connectivity index (χ3n) is 3.15. The zero-order valence-electron chi connectivity index (χ0n) is 13.0. The zero-order chi connectivity index (χ0) is 18.6. The van der Waals surface area contributed by atoms with Crippen LogP contribution in [0.4, 0.5) is 11.4 Å². The van der Waals surface area contributed by atoms with Gasteiger partial charge in [0.25, 0.3) is 0 Å². The standard InChI is InChI=1S/C15H15Cl2N3O4S/c1-24-13-5-3-2-4-12(13)19-8-14(21)20-15-10(16)6-9(7-11(15)17)25(18,22)23/h2-7,19H,8H2,1H3,(H,20,21)(H2,18,22,23). The minimum absolute atomic E-state index is 0.0397. The lowest BCUT2D eigenvalue weighted by Crippen LogP contribution is -2.22. The molecule has 0 radical (unpaired) electrons. The van der Waals surface area contributed by atoms with Gasteiger partial charge in [0.05, 0.1) is 40.0 Å². The van der Waals surface area contributed by atoms with E-state index >= 15 is 0 Å². The molecule has 134 valence electrons. The number of rotatable bonds is 6. The molecule has 0 unspecified atom stereocenters. The van der Waals surface area contributed by atoms with Crippen LogP contribution in [0.15, 0.2) is 41.3 Å². The SMILES string of the molecule is COc1ccccc1NCC(=O)Nc1c(Cl)cc(S(N)(=O)=O)cc1Cl. The van der Waals surface area contributed by atoms with Crippen LogP contribution >= 0.6 is 23.2 Å². The van der Waals surface area contributed by atoms with Crippen molar-refractivity contribution in [3.8, 4) is 5.75 Å². The van der Waals surface area contributed by atoms with Gasteiger partial charge in [-0.1, -0.05) is 35.3 Å². The number of ether oxygens (including phenoxy) is 1. The second-order valence-electron chi connectivity index (χ2n) is 4.91. The van der Waals surface area contributed by atoms with Crippen LogP contribution in [0.1, 0.15) is 0 Å². The Balaban J connectivity index is 2.11. The number of methoxy groups -OCH3 is 1. The molecule has 0 aliphatic carbocycles. The molecule has 2 aromatic carbocycles. The number of primary sulfonamides is 1. The van der Waals surface area contributed by atoms with Gasteiger partial charge in [0.15, 0.2) is 0 Å². The van der Waals surface area contributed by atoms with Crippen LogP contribution in [-0.2, 0) is 14.8 Å². The molecule has 0 aliphatic heterocycles. The number of hydrogen-bond acceptors (Lipinski definition) is 5. The summed E-state index contributed by atoms with van der Waals surface area (Å²) in [4.78, 5) is 11.9. The number of para-hydroxylation sites is 2. The van der Waals surface area contributed by atoms with Gasteiger partial charge in [0, 0.05) is 0 Å². The van der Waals surface area contributed by atoms with Gasteiger partial charge in [0.1, 0.15) is 5.75 Å². The number of benzene rings is 2. The number of amides is 1. The Morgan fingerprint density at radius 3 is 2.36 bits per heavy atom. The van der Waals surface area contributed by atoms with Crippen molar-refractivity contribution in [1.29, 1.82) is 0 Å². The van der Waals surface area contributed by atoms with Crippen molar-refractivity contribution >= 4 is 50.5 Å². The van der Waals surface area contributed by atoms with Crippen molar-refractivity contribution in [1.82, 2.24) is 0 Å². The molecule has 4 N–H and O–H groups in total. The van der Waals surface area contributed by atoms with Gasteiger partial charge in [-0.3, -0.25) is 4.79 Å². The molecule has 0 saturated heterocycles. The van der Waals surface area contributed by atoms with Crippen molar-refractivity contribution < 1.29 is 17.9 Å². The second kappa shape index (κ2) is 7.92. The minimum atomic E-state index is -3.95. The number of carbonyl (C=O) groups is 1. The molecule has 2 rings (SSSR count). The van der Waals surface area contributed by atoms with E-state index in [-0.39, 0.29) is 27.2 Å². The van der Waals surface area contributed by atoms with Crippen molar-refractivity contribution in [2.24, 2.45) is 5.14 Å². The van der Waals surface area contributed by atoms with Crippen molar-refractivity contribution in [2.45, 2.75) is 4.90 Å². The molecule has 0 saturated carbocycles. The van der Waals surface area contributed by atoms with Crippen molar-refractivity contribution in [3.05, 3.63) is 46.4 Å². The summed E-state index contributed by atoms with van der Waals surface area (Å²) in [5.74, 6) is 0.155. The van der Waals surface area contributed by atoms with E-state index < -0.39 is 15.9 Å². The summed E-state index contributed by atoms with van der Waals surface area (Å²) in [6, 6.07) is 9.34. The van der Waals surface area contributed by atoms with E-state index in [1.807, 2.05) is 0 Å². The first-order valence-electron chi connectivity index (χ1n) is 6.91. The Morgan fingerprint density at radius 2 is 1.80 bits per heavy atom. The van der Waals surface area contributed by atoms with E-state index in [1.165, 1.54) is 7.11 Å². The van der Waals surface area contributed by atoms with Crippen LogP contribution in [0, 0.1) is 0 Å². The summed E-state index contributed by atoms with van der Waals surface area (Å²) >= 11 is 12.0. The number of nitrogens with one attached hydrogen (secondary N) is 2. The third kappa shape index (κ3) is 4.99. The summed E-state index contributed by atoms with van der Waals surface area (Å²) in [5, 5.41) is 10.4. The predicted molar refractivity (Wildman–Crippen MR) is 97.9 cm³/mol. The van der Waals surface area contributed by atoms with Gasteiger partial charge in [0.2, 0.25) is 15.9 Å². The number of carbonyl (C=O) groups excluding carboxylic acids is 1. The highest BCUT2D eigenvalue weighted by Gasteiger charge is 2.16. The molecular weight excluding hydrogens is 389 g/mol. The Kier molecular flexibility index (Phi) is 6.12. The van der Waals surface area contributed by atoms with E-state index in [1.54, 1.807) is 24.3 Å². The quantitative estimate of drug-likeness (QED) is 0.686. The average molecular weight is 404 g/mol. The second-order valence-corrected chi connectivity index (χ2v) is 7.28. The molecule has 25 heavy (non-hydrogen) atoms. The first-order valence-corrected chi connectivity index (χ1v) is 9.21. The molecule has 10 heteroatoms. The maximum absolute atomic E-state index is 12.1. The summed E-state index contributed by atoms with van der Waals surface area (Å²) < 4.78 is 27.9. The molecule has 0 aliphatic rings. The molecule has 0 bridgehead atoms. The molecule has 0 spiro atoms. The van der Waals surface area contributed by atoms with Crippen LogP contribution < -0.4 is 20.5 Å².